The predicted octanol–water partition coefficient (Wildman–Crippen LogP) is 4.42. The molecule has 104 valence electrons. The number of hydrogen-bond acceptors (Lipinski definition) is 3. The first-order valence-electron chi connectivity index (χ1n) is 5.90. The van der Waals surface area contributed by atoms with Gasteiger partial charge < -0.3 is 5.32 Å². The number of aryl methyl sites for hydroxylation is 1. The van der Waals surface area contributed by atoms with Crippen LogP contribution in [-0.2, 0) is 6.54 Å². The Morgan fingerprint density at radius 3 is 2.75 bits per heavy atom. The number of nitrogens with zero attached hydrogens (tertiary/aromatic N) is 1. The molecule has 0 heterocycles. The predicted molar refractivity (Wildman–Crippen MR) is 79.3 cm³/mol. The van der Waals surface area contributed by atoms with Crippen molar-refractivity contribution in [2.75, 3.05) is 5.32 Å². The lowest BCUT2D eigenvalue weighted by Crippen LogP contribution is -2.04. The van der Waals surface area contributed by atoms with Gasteiger partial charge in [0.2, 0.25) is 0 Å². The fraction of sp³-hybridized carbons (Fsp3) is 0.143. The summed E-state index contributed by atoms with van der Waals surface area (Å²) in [5.74, 6) is -0.488. The van der Waals surface area contributed by atoms with Gasteiger partial charge in [0.15, 0.2) is 0 Å². The lowest BCUT2D eigenvalue weighted by atomic mass is 10.1. The number of nitro benzene ring substituents is 1. The highest BCUT2D eigenvalue weighted by atomic mass is 79.9. The van der Waals surface area contributed by atoms with Gasteiger partial charge in [0.05, 0.1) is 10.5 Å². The Hall–Kier alpha value is -1.95. The topological polar surface area (TPSA) is 55.2 Å². The van der Waals surface area contributed by atoms with Gasteiger partial charge in [-0.15, -0.1) is 0 Å². The van der Waals surface area contributed by atoms with Crippen LogP contribution in [0.15, 0.2) is 40.9 Å². The zero-order valence-corrected chi connectivity index (χ0v) is 12.3. The van der Waals surface area contributed by atoms with Gasteiger partial charge in [-0.1, -0.05) is 22.0 Å². The van der Waals surface area contributed by atoms with E-state index in [9.17, 15) is 14.5 Å². The standard InChI is InChI=1S/C14H12BrFN2O2/c1-9-2-3-11(15)7-13(9)17-8-10-6-12(16)4-5-14(10)18(19)20/h2-7,17H,8H2,1H3. The highest BCUT2D eigenvalue weighted by Gasteiger charge is 2.14. The smallest absolute Gasteiger partial charge is 0.274 e. The van der Waals surface area contributed by atoms with Crippen LogP contribution in [0.3, 0.4) is 0 Å². The van der Waals surface area contributed by atoms with Gasteiger partial charge in [0.1, 0.15) is 5.82 Å². The minimum Gasteiger partial charge on any atom is -0.380 e. The average Bonchev–Trinajstić information content (AvgIpc) is 2.39. The number of benzene rings is 2. The van der Waals surface area contributed by atoms with E-state index in [4.69, 9.17) is 0 Å². The van der Waals surface area contributed by atoms with Crippen LogP contribution >= 0.6 is 15.9 Å². The quantitative estimate of drug-likeness (QED) is 0.663. The normalized spacial score (nSPS) is 10.3. The van der Waals surface area contributed by atoms with Gasteiger partial charge in [0, 0.05) is 22.8 Å². The Balaban J connectivity index is 2.24. The summed E-state index contributed by atoms with van der Waals surface area (Å²) >= 11 is 3.36. The molecule has 0 fully saturated rings. The van der Waals surface area contributed by atoms with E-state index < -0.39 is 10.7 Å². The molecule has 0 unspecified atom stereocenters. The maximum atomic E-state index is 13.2. The molecular formula is C14H12BrFN2O2. The Morgan fingerprint density at radius 1 is 1.30 bits per heavy atom. The molecule has 0 amide bonds. The van der Waals surface area contributed by atoms with E-state index in [0.29, 0.717) is 5.56 Å². The van der Waals surface area contributed by atoms with Crippen LogP contribution < -0.4 is 5.32 Å². The van der Waals surface area contributed by atoms with Gasteiger partial charge in [0.25, 0.3) is 5.69 Å². The number of nitro groups is 1. The van der Waals surface area contributed by atoms with Crippen LogP contribution in [0.5, 0.6) is 0 Å². The summed E-state index contributed by atoms with van der Waals surface area (Å²) in [6.45, 7) is 2.11. The molecule has 0 aromatic heterocycles. The van der Waals surface area contributed by atoms with Crippen molar-refractivity contribution in [1.82, 2.24) is 0 Å². The Labute approximate surface area is 123 Å². The van der Waals surface area contributed by atoms with E-state index in [1.807, 2.05) is 25.1 Å². The van der Waals surface area contributed by atoms with Crippen molar-refractivity contribution in [3.63, 3.8) is 0 Å². The van der Waals surface area contributed by atoms with Crippen molar-refractivity contribution in [3.8, 4) is 0 Å². The Bertz CT molecular complexity index is 662. The summed E-state index contributed by atoms with van der Waals surface area (Å²) in [4.78, 5) is 10.4. The van der Waals surface area contributed by atoms with Crippen molar-refractivity contribution in [2.45, 2.75) is 13.5 Å². The summed E-state index contributed by atoms with van der Waals surface area (Å²) in [5.41, 5.74) is 2.08. The van der Waals surface area contributed by atoms with Crippen molar-refractivity contribution >= 4 is 27.3 Å². The van der Waals surface area contributed by atoms with Gasteiger partial charge in [-0.25, -0.2) is 4.39 Å². The zero-order valence-electron chi connectivity index (χ0n) is 10.7. The second kappa shape index (κ2) is 6.00. The van der Waals surface area contributed by atoms with E-state index in [1.165, 1.54) is 12.1 Å². The average molecular weight is 339 g/mol. The summed E-state index contributed by atoms with van der Waals surface area (Å²) < 4.78 is 14.1. The summed E-state index contributed by atoms with van der Waals surface area (Å²) in [6.07, 6.45) is 0. The van der Waals surface area contributed by atoms with Crippen LogP contribution in [-0.4, -0.2) is 4.92 Å². The van der Waals surface area contributed by atoms with Crippen molar-refractivity contribution < 1.29 is 9.31 Å². The van der Waals surface area contributed by atoms with Gasteiger partial charge in [-0.3, -0.25) is 10.1 Å². The lowest BCUT2D eigenvalue weighted by Gasteiger charge is -2.10. The molecule has 0 radical (unpaired) electrons. The molecule has 2 aromatic rings. The molecule has 2 aromatic carbocycles. The molecule has 0 aliphatic rings. The molecule has 0 saturated carbocycles. The first-order chi connectivity index (χ1) is 9.47. The Kier molecular flexibility index (Phi) is 4.34. The zero-order chi connectivity index (χ0) is 14.7. The molecular weight excluding hydrogens is 327 g/mol. The van der Waals surface area contributed by atoms with Gasteiger partial charge in [-0.05, 0) is 36.8 Å². The lowest BCUT2D eigenvalue weighted by molar-refractivity contribution is -0.385. The van der Waals surface area contributed by atoms with E-state index >= 15 is 0 Å². The third-order valence-electron chi connectivity index (χ3n) is 2.91. The number of halogens is 2. The molecule has 6 heteroatoms. The fourth-order valence-corrected chi connectivity index (χ4v) is 2.21. The van der Waals surface area contributed by atoms with Crippen LogP contribution in [0.2, 0.25) is 0 Å². The Morgan fingerprint density at radius 2 is 2.05 bits per heavy atom. The molecule has 0 spiro atoms. The largest absolute Gasteiger partial charge is 0.380 e. The SMILES string of the molecule is Cc1ccc(Br)cc1NCc1cc(F)ccc1[N+](=O)[O-]. The second-order valence-corrected chi connectivity index (χ2v) is 5.26. The third kappa shape index (κ3) is 3.33. The molecule has 0 atom stereocenters. The minimum atomic E-state index is -0.510. The van der Waals surface area contributed by atoms with E-state index in [0.717, 1.165) is 21.8 Å². The number of hydrogen-bond donors (Lipinski definition) is 1. The molecule has 4 nitrogen and oxygen atoms in total. The van der Waals surface area contributed by atoms with Crippen LogP contribution in [0, 0.1) is 22.9 Å². The number of nitrogens with one attached hydrogen (secondary N) is 1. The third-order valence-corrected chi connectivity index (χ3v) is 3.40. The van der Waals surface area contributed by atoms with Crippen LogP contribution in [0.1, 0.15) is 11.1 Å². The maximum Gasteiger partial charge on any atom is 0.274 e. The molecule has 0 saturated heterocycles. The first-order valence-corrected chi connectivity index (χ1v) is 6.69. The van der Waals surface area contributed by atoms with Crippen molar-refractivity contribution in [2.24, 2.45) is 0 Å². The molecule has 1 N–H and O–H groups in total. The second-order valence-electron chi connectivity index (χ2n) is 4.34. The monoisotopic (exact) mass is 338 g/mol. The first kappa shape index (κ1) is 14.5. The van der Waals surface area contributed by atoms with Gasteiger partial charge in [-0.2, -0.15) is 0 Å². The highest BCUT2D eigenvalue weighted by molar-refractivity contribution is 9.10. The molecule has 2 rings (SSSR count). The van der Waals surface area contributed by atoms with E-state index in [2.05, 4.69) is 21.2 Å². The molecule has 20 heavy (non-hydrogen) atoms. The molecule has 0 aliphatic heterocycles. The molecule has 0 bridgehead atoms. The summed E-state index contributed by atoms with van der Waals surface area (Å²) in [7, 11) is 0. The fourth-order valence-electron chi connectivity index (χ4n) is 1.85. The summed E-state index contributed by atoms with van der Waals surface area (Å²) in [5, 5.41) is 14.0. The van der Waals surface area contributed by atoms with Crippen molar-refractivity contribution in [1.29, 1.82) is 0 Å². The van der Waals surface area contributed by atoms with Crippen LogP contribution in [0.25, 0.3) is 0 Å². The van der Waals surface area contributed by atoms with E-state index in [1.54, 1.807) is 0 Å². The maximum absolute atomic E-state index is 13.2. The molecule has 0 aliphatic carbocycles. The van der Waals surface area contributed by atoms with Gasteiger partial charge >= 0.3 is 0 Å². The number of rotatable bonds is 4. The highest BCUT2D eigenvalue weighted by Crippen LogP contribution is 2.24. The van der Waals surface area contributed by atoms with Crippen molar-refractivity contribution in [3.05, 3.63) is 67.9 Å². The summed E-state index contributed by atoms with van der Waals surface area (Å²) in [6, 6.07) is 9.16. The minimum absolute atomic E-state index is 0.0912. The van der Waals surface area contributed by atoms with Crippen LogP contribution in [0.4, 0.5) is 15.8 Å². The van der Waals surface area contributed by atoms with E-state index in [-0.39, 0.29) is 12.2 Å². The number of anilines is 1.